The molecule has 98 valence electrons. The molecule has 2 aliphatic heterocycles. The van der Waals surface area contributed by atoms with Crippen LogP contribution in [-0.2, 0) is 6.42 Å². The van der Waals surface area contributed by atoms with E-state index in [0.29, 0.717) is 6.04 Å². The molecule has 1 fully saturated rings. The molecule has 1 N–H and O–H groups in total. The summed E-state index contributed by atoms with van der Waals surface area (Å²) in [5, 5.41) is 3.49. The molecular formula is C15H22N2O. The van der Waals surface area contributed by atoms with E-state index < -0.39 is 0 Å². The van der Waals surface area contributed by atoms with E-state index in [1.165, 1.54) is 24.1 Å². The van der Waals surface area contributed by atoms with Crippen molar-refractivity contribution in [2.24, 2.45) is 5.92 Å². The third kappa shape index (κ3) is 2.02. The molecule has 1 saturated heterocycles. The van der Waals surface area contributed by atoms with Crippen LogP contribution in [0.4, 0.5) is 0 Å². The minimum absolute atomic E-state index is 0.554. The lowest BCUT2D eigenvalue weighted by atomic mass is 9.84. The molecular weight excluding hydrogens is 224 g/mol. The summed E-state index contributed by atoms with van der Waals surface area (Å²) >= 11 is 0. The summed E-state index contributed by atoms with van der Waals surface area (Å²) in [5.41, 5.74) is 2.99. The molecule has 1 aromatic rings. The third-order valence-corrected chi connectivity index (χ3v) is 4.43. The number of benzene rings is 1. The van der Waals surface area contributed by atoms with Gasteiger partial charge in [0.05, 0.1) is 7.11 Å². The summed E-state index contributed by atoms with van der Waals surface area (Å²) in [4.78, 5) is 2.51. The number of ether oxygens (including phenoxy) is 1. The molecule has 2 heterocycles. The first kappa shape index (κ1) is 12.0. The van der Waals surface area contributed by atoms with E-state index in [-0.39, 0.29) is 0 Å². The average molecular weight is 246 g/mol. The van der Waals surface area contributed by atoms with E-state index >= 15 is 0 Å². The van der Waals surface area contributed by atoms with E-state index in [2.05, 4.69) is 35.5 Å². The molecule has 0 amide bonds. The van der Waals surface area contributed by atoms with Crippen LogP contribution in [0.2, 0.25) is 0 Å². The van der Waals surface area contributed by atoms with Crippen LogP contribution in [0.25, 0.3) is 0 Å². The molecule has 0 aliphatic carbocycles. The average Bonchev–Trinajstić information content (AvgIpc) is 2.91. The lowest BCUT2D eigenvalue weighted by Crippen LogP contribution is -2.37. The summed E-state index contributed by atoms with van der Waals surface area (Å²) < 4.78 is 5.39. The van der Waals surface area contributed by atoms with Crippen molar-refractivity contribution in [2.45, 2.75) is 18.9 Å². The maximum Gasteiger partial charge on any atom is 0.119 e. The lowest BCUT2D eigenvalue weighted by molar-refractivity contribution is 0.172. The Morgan fingerprint density at radius 2 is 2.28 bits per heavy atom. The van der Waals surface area contributed by atoms with Gasteiger partial charge >= 0.3 is 0 Å². The van der Waals surface area contributed by atoms with Crippen molar-refractivity contribution in [3.05, 3.63) is 29.3 Å². The van der Waals surface area contributed by atoms with Gasteiger partial charge in [-0.25, -0.2) is 0 Å². The number of likely N-dealkylation sites (N-methyl/N-ethyl adjacent to an activating group) is 1. The van der Waals surface area contributed by atoms with Crippen molar-refractivity contribution < 1.29 is 4.74 Å². The molecule has 3 heteroatoms. The summed E-state index contributed by atoms with van der Waals surface area (Å²) in [5.74, 6) is 1.72. The Morgan fingerprint density at radius 3 is 3.00 bits per heavy atom. The van der Waals surface area contributed by atoms with Gasteiger partial charge in [-0.15, -0.1) is 0 Å². The highest BCUT2D eigenvalue weighted by Crippen LogP contribution is 2.38. The van der Waals surface area contributed by atoms with Gasteiger partial charge in [-0.1, -0.05) is 6.07 Å². The van der Waals surface area contributed by atoms with E-state index in [9.17, 15) is 0 Å². The predicted molar refractivity (Wildman–Crippen MR) is 73.0 cm³/mol. The molecule has 0 aromatic heterocycles. The van der Waals surface area contributed by atoms with Gasteiger partial charge in [-0.3, -0.25) is 4.90 Å². The summed E-state index contributed by atoms with van der Waals surface area (Å²) in [6.07, 6.45) is 2.44. The Kier molecular flexibility index (Phi) is 3.27. The maximum atomic E-state index is 5.39. The minimum atomic E-state index is 0.554. The Balaban J connectivity index is 1.98. The zero-order chi connectivity index (χ0) is 12.5. The minimum Gasteiger partial charge on any atom is -0.497 e. The summed E-state index contributed by atoms with van der Waals surface area (Å²) in [6, 6.07) is 7.14. The topological polar surface area (TPSA) is 24.5 Å². The fourth-order valence-corrected chi connectivity index (χ4v) is 3.44. The van der Waals surface area contributed by atoms with E-state index in [0.717, 1.165) is 31.2 Å². The van der Waals surface area contributed by atoms with Gasteiger partial charge in [0.25, 0.3) is 0 Å². The second-order valence-corrected chi connectivity index (χ2v) is 5.49. The second kappa shape index (κ2) is 4.90. The number of methoxy groups -OCH3 is 1. The molecule has 2 aliphatic rings. The second-order valence-electron chi connectivity index (χ2n) is 5.49. The molecule has 2 unspecified atom stereocenters. The number of fused-ring (bicyclic) bond motifs is 1. The van der Waals surface area contributed by atoms with Crippen molar-refractivity contribution in [3.63, 3.8) is 0 Å². The van der Waals surface area contributed by atoms with Crippen LogP contribution in [0.3, 0.4) is 0 Å². The van der Waals surface area contributed by atoms with Crippen LogP contribution in [0.15, 0.2) is 18.2 Å². The molecule has 2 atom stereocenters. The first-order valence-corrected chi connectivity index (χ1v) is 6.87. The fourth-order valence-electron chi connectivity index (χ4n) is 3.44. The van der Waals surface area contributed by atoms with Crippen LogP contribution >= 0.6 is 0 Å². The number of rotatable bonds is 2. The van der Waals surface area contributed by atoms with Gasteiger partial charge in [0.15, 0.2) is 0 Å². The highest BCUT2D eigenvalue weighted by molar-refractivity contribution is 5.40. The number of hydrogen-bond acceptors (Lipinski definition) is 3. The summed E-state index contributed by atoms with van der Waals surface area (Å²) in [7, 11) is 4.01. The molecule has 3 nitrogen and oxygen atoms in total. The van der Waals surface area contributed by atoms with Crippen LogP contribution in [0, 0.1) is 5.92 Å². The molecule has 0 radical (unpaired) electrons. The van der Waals surface area contributed by atoms with Gasteiger partial charge in [0.2, 0.25) is 0 Å². The van der Waals surface area contributed by atoms with E-state index in [1.807, 2.05) is 0 Å². The van der Waals surface area contributed by atoms with Gasteiger partial charge in [0.1, 0.15) is 5.75 Å². The number of hydrogen-bond donors (Lipinski definition) is 1. The fraction of sp³-hybridized carbons (Fsp3) is 0.600. The lowest BCUT2D eigenvalue weighted by Gasteiger charge is -2.38. The normalized spacial score (nSPS) is 28.1. The Morgan fingerprint density at radius 1 is 1.39 bits per heavy atom. The number of nitrogens with zero attached hydrogens (tertiary/aromatic N) is 1. The highest BCUT2D eigenvalue weighted by Gasteiger charge is 2.33. The van der Waals surface area contributed by atoms with Gasteiger partial charge in [-0.05, 0) is 62.2 Å². The Labute approximate surface area is 109 Å². The van der Waals surface area contributed by atoms with Crippen LogP contribution < -0.4 is 10.1 Å². The van der Waals surface area contributed by atoms with Crippen molar-refractivity contribution in [1.82, 2.24) is 10.2 Å². The third-order valence-electron chi connectivity index (χ3n) is 4.43. The maximum absolute atomic E-state index is 5.39. The smallest absolute Gasteiger partial charge is 0.119 e. The van der Waals surface area contributed by atoms with Crippen molar-refractivity contribution in [2.75, 3.05) is 33.8 Å². The zero-order valence-electron chi connectivity index (χ0n) is 11.3. The standard InChI is InChI=1S/C15H22N2O/c1-17-8-6-11-3-4-13(18-2)9-14(11)15(17)12-5-7-16-10-12/h3-4,9,12,15-16H,5-8,10H2,1-2H3. The molecule has 1 aromatic carbocycles. The van der Waals surface area contributed by atoms with Crippen LogP contribution in [0.5, 0.6) is 5.75 Å². The largest absolute Gasteiger partial charge is 0.497 e. The molecule has 18 heavy (non-hydrogen) atoms. The van der Waals surface area contributed by atoms with Crippen LogP contribution in [-0.4, -0.2) is 38.7 Å². The van der Waals surface area contributed by atoms with Gasteiger partial charge in [0, 0.05) is 12.6 Å². The quantitative estimate of drug-likeness (QED) is 0.861. The molecule has 0 bridgehead atoms. The first-order chi connectivity index (χ1) is 8.79. The number of nitrogens with one attached hydrogen (secondary N) is 1. The van der Waals surface area contributed by atoms with Gasteiger partial charge < -0.3 is 10.1 Å². The molecule has 0 saturated carbocycles. The van der Waals surface area contributed by atoms with Gasteiger partial charge in [-0.2, -0.15) is 0 Å². The van der Waals surface area contributed by atoms with E-state index in [1.54, 1.807) is 7.11 Å². The summed E-state index contributed by atoms with van der Waals surface area (Å²) in [6.45, 7) is 3.47. The molecule has 0 spiro atoms. The van der Waals surface area contributed by atoms with Crippen LogP contribution in [0.1, 0.15) is 23.6 Å². The molecule has 3 rings (SSSR count). The predicted octanol–water partition coefficient (Wildman–Crippen LogP) is 1.83. The van der Waals surface area contributed by atoms with Crippen molar-refractivity contribution >= 4 is 0 Å². The van der Waals surface area contributed by atoms with Crippen molar-refractivity contribution in [1.29, 1.82) is 0 Å². The Bertz CT molecular complexity index is 427. The Hall–Kier alpha value is -1.06. The first-order valence-electron chi connectivity index (χ1n) is 6.87. The van der Waals surface area contributed by atoms with Crippen molar-refractivity contribution in [3.8, 4) is 5.75 Å². The highest BCUT2D eigenvalue weighted by atomic mass is 16.5. The zero-order valence-corrected chi connectivity index (χ0v) is 11.3. The monoisotopic (exact) mass is 246 g/mol. The SMILES string of the molecule is COc1ccc2c(c1)C(C1CCNC1)N(C)CC2. The van der Waals surface area contributed by atoms with E-state index in [4.69, 9.17) is 4.74 Å².